The van der Waals surface area contributed by atoms with Gasteiger partial charge in [0.2, 0.25) is 5.91 Å². The first-order valence-electron chi connectivity index (χ1n) is 10.2. The van der Waals surface area contributed by atoms with Crippen LogP contribution in [-0.2, 0) is 15.3 Å². The smallest absolute Gasteiger partial charge is 0.356 e. The Morgan fingerprint density at radius 1 is 1.10 bits per heavy atom. The first-order valence-corrected chi connectivity index (χ1v) is 11.1. The molecule has 31 heavy (non-hydrogen) atoms. The zero-order chi connectivity index (χ0) is 21.6. The predicted molar refractivity (Wildman–Crippen MR) is 116 cm³/mol. The number of fused-ring (bicyclic) bond motifs is 1. The van der Waals surface area contributed by atoms with Gasteiger partial charge in [-0.2, -0.15) is 10.2 Å². The molecule has 0 aliphatic carbocycles. The zero-order valence-corrected chi connectivity index (χ0v) is 17.8. The Bertz CT molecular complexity index is 1070. The van der Waals surface area contributed by atoms with E-state index >= 15 is 0 Å². The van der Waals surface area contributed by atoms with E-state index in [0.717, 1.165) is 11.1 Å². The highest BCUT2D eigenvalue weighted by Crippen LogP contribution is 2.62. The fraction of sp³-hybridized carbons (Fsp3) is 0.304. The number of aromatic nitrogens is 3. The van der Waals surface area contributed by atoms with E-state index in [1.807, 2.05) is 43.3 Å². The summed E-state index contributed by atoms with van der Waals surface area (Å²) in [6, 6.07) is 20.2. The molecule has 3 atom stereocenters. The van der Waals surface area contributed by atoms with Gasteiger partial charge in [0.1, 0.15) is 0 Å². The number of hydrogen-bond acceptors (Lipinski definition) is 5. The van der Waals surface area contributed by atoms with E-state index < -0.39 is 16.4 Å². The number of aliphatic carboxylic acids is 1. The predicted octanol–water partition coefficient (Wildman–Crippen LogP) is 3.30. The summed E-state index contributed by atoms with van der Waals surface area (Å²) in [7, 11) is 0. The number of nitrogens with zero attached hydrogens (tertiary/aromatic N) is 4. The highest BCUT2D eigenvalue weighted by molar-refractivity contribution is 8.01. The van der Waals surface area contributed by atoms with Gasteiger partial charge in [0.25, 0.3) is 5.66 Å². The topological polar surface area (TPSA) is 88.3 Å². The van der Waals surface area contributed by atoms with Crippen LogP contribution in [0.15, 0.2) is 73.1 Å². The van der Waals surface area contributed by atoms with Crippen LogP contribution in [0.3, 0.4) is 0 Å². The zero-order valence-electron chi connectivity index (χ0n) is 17.0. The molecule has 2 aliphatic rings. The van der Waals surface area contributed by atoms with Crippen LogP contribution in [0.1, 0.15) is 36.8 Å². The summed E-state index contributed by atoms with van der Waals surface area (Å²) < 4.78 is -0.870. The molecule has 2 fully saturated rings. The molecule has 0 radical (unpaired) electrons. The van der Waals surface area contributed by atoms with E-state index in [1.54, 1.807) is 11.8 Å². The Balaban J connectivity index is 1.66. The number of hydrogen-bond donors (Lipinski definition) is 1. The fourth-order valence-electron chi connectivity index (χ4n) is 4.99. The summed E-state index contributed by atoms with van der Waals surface area (Å²) in [6.45, 7) is 1.93. The highest BCUT2D eigenvalue weighted by atomic mass is 32.2. The maximum atomic E-state index is 12.9. The molecule has 2 unspecified atom stereocenters. The van der Waals surface area contributed by atoms with E-state index in [-0.39, 0.29) is 17.2 Å². The largest absolute Gasteiger partial charge is 0.478 e. The van der Waals surface area contributed by atoms with Gasteiger partial charge in [-0.1, -0.05) is 60.7 Å². The fourth-order valence-corrected chi connectivity index (χ4v) is 6.89. The van der Waals surface area contributed by atoms with Crippen LogP contribution < -0.4 is 0 Å². The van der Waals surface area contributed by atoms with Crippen molar-refractivity contribution in [2.75, 3.05) is 0 Å². The summed E-state index contributed by atoms with van der Waals surface area (Å²) in [5.41, 5.74) is 0.510. The molecule has 0 bridgehead atoms. The van der Waals surface area contributed by atoms with Gasteiger partial charge in [-0.15, -0.1) is 16.6 Å². The van der Waals surface area contributed by atoms with E-state index in [4.69, 9.17) is 0 Å². The lowest BCUT2D eigenvalue weighted by molar-refractivity contribution is -0.182. The van der Waals surface area contributed by atoms with E-state index in [1.165, 1.54) is 22.1 Å². The lowest BCUT2D eigenvalue weighted by Gasteiger charge is -2.46. The molecule has 8 heteroatoms. The minimum Gasteiger partial charge on any atom is -0.478 e. The summed E-state index contributed by atoms with van der Waals surface area (Å²) in [5, 5.41) is 18.8. The van der Waals surface area contributed by atoms with Crippen molar-refractivity contribution in [3.05, 3.63) is 84.2 Å². The number of amides is 1. The lowest BCUT2D eigenvalue weighted by Crippen LogP contribution is -2.69. The molecule has 0 saturated carbocycles. The Morgan fingerprint density at radius 2 is 1.65 bits per heavy atom. The van der Waals surface area contributed by atoms with Gasteiger partial charge in [0.05, 0.1) is 28.9 Å². The van der Waals surface area contributed by atoms with Crippen molar-refractivity contribution in [3.8, 4) is 0 Å². The second kappa shape index (κ2) is 7.23. The molecule has 2 saturated heterocycles. The average Bonchev–Trinajstić information content (AvgIpc) is 3.37. The number of carbonyl (C=O) groups is 2. The second-order valence-corrected chi connectivity index (χ2v) is 9.83. The minimum absolute atomic E-state index is 0.0528. The molecular formula is C23H22N4O3S. The third-order valence-electron chi connectivity index (χ3n) is 6.39. The normalized spacial score (nSPS) is 27.2. The van der Waals surface area contributed by atoms with Crippen molar-refractivity contribution in [2.24, 2.45) is 0 Å². The summed E-state index contributed by atoms with van der Waals surface area (Å²) in [5.74, 6) is -1.35. The number of thioether (sulfide) groups is 1. The molecule has 1 amide bonds. The van der Waals surface area contributed by atoms with Gasteiger partial charge in [-0.3, -0.25) is 9.69 Å². The molecular weight excluding hydrogens is 412 g/mol. The maximum absolute atomic E-state index is 12.9. The Hall–Kier alpha value is -3.13. The van der Waals surface area contributed by atoms with Crippen LogP contribution in [0.5, 0.6) is 0 Å². The van der Waals surface area contributed by atoms with Gasteiger partial charge in [-0.25, -0.2) is 4.79 Å². The van der Waals surface area contributed by atoms with Crippen LogP contribution in [-0.4, -0.2) is 47.0 Å². The van der Waals surface area contributed by atoms with Crippen LogP contribution in [0, 0.1) is 0 Å². The molecule has 5 rings (SSSR count). The second-order valence-electron chi connectivity index (χ2n) is 8.15. The standard InChI is InChI=1S/C23H22N4O3S/c1-22(15-18(16-8-4-2-5-9-16)17-10-6-3-7-11-17)23(21(29)30,27-24-12-13-25-27)26-19(28)14-20(26)31-22/h2-13,18,20H,14-15H2,1H3,(H,29,30)/t20-,22?,23?/m1/s1. The number of carboxylic acids is 1. The molecule has 0 spiro atoms. The van der Waals surface area contributed by atoms with Crippen molar-refractivity contribution in [3.63, 3.8) is 0 Å². The molecule has 3 heterocycles. The van der Waals surface area contributed by atoms with Crippen molar-refractivity contribution in [1.82, 2.24) is 19.9 Å². The minimum atomic E-state index is -1.69. The number of carbonyl (C=O) groups excluding carboxylic acids is 1. The Morgan fingerprint density at radius 3 is 2.13 bits per heavy atom. The Kier molecular flexibility index (Phi) is 4.62. The van der Waals surface area contributed by atoms with Gasteiger partial charge in [0, 0.05) is 5.92 Å². The molecule has 158 valence electrons. The number of carboxylic acid groups (broad SMARTS) is 1. The first-order chi connectivity index (χ1) is 15.0. The summed E-state index contributed by atoms with van der Waals surface area (Å²) in [6.07, 6.45) is 3.75. The molecule has 1 aromatic heterocycles. The lowest BCUT2D eigenvalue weighted by atomic mass is 9.77. The quantitative estimate of drug-likeness (QED) is 0.599. The number of rotatable bonds is 6. The van der Waals surface area contributed by atoms with Crippen LogP contribution >= 0.6 is 11.8 Å². The van der Waals surface area contributed by atoms with Crippen molar-refractivity contribution < 1.29 is 14.7 Å². The highest BCUT2D eigenvalue weighted by Gasteiger charge is 2.74. The number of β-lactam (4-membered cyclic amide) rings is 1. The third kappa shape index (κ3) is 2.81. The average molecular weight is 435 g/mol. The van der Waals surface area contributed by atoms with E-state index in [0.29, 0.717) is 12.8 Å². The monoisotopic (exact) mass is 434 g/mol. The Labute approximate surface area is 184 Å². The van der Waals surface area contributed by atoms with Gasteiger partial charge in [0.15, 0.2) is 0 Å². The molecule has 7 nitrogen and oxygen atoms in total. The van der Waals surface area contributed by atoms with Crippen molar-refractivity contribution in [2.45, 2.75) is 41.5 Å². The molecule has 2 aromatic carbocycles. The summed E-state index contributed by atoms with van der Waals surface area (Å²) in [4.78, 5) is 28.2. The van der Waals surface area contributed by atoms with E-state index in [9.17, 15) is 14.7 Å². The van der Waals surface area contributed by atoms with Crippen molar-refractivity contribution in [1.29, 1.82) is 0 Å². The van der Waals surface area contributed by atoms with Gasteiger partial charge >= 0.3 is 5.97 Å². The third-order valence-corrected chi connectivity index (χ3v) is 8.01. The van der Waals surface area contributed by atoms with Gasteiger partial charge in [-0.05, 0) is 24.5 Å². The van der Waals surface area contributed by atoms with Gasteiger partial charge < -0.3 is 5.11 Å². The van der Waals surface area contributed by atoms with E-state index in [2.05, 4.69) is 34.5 Å². The maximum Gasteiger partial charge on any atom is 0.356 e. The van der Waals surface area contributed by atoms with Crippen molar-refractivity contribution >= 4 is 23.6 Å². The van der Waals surface area contributed by atoms with Crippen LogP contribution in [0.2, 0.25) is 0 Å². The van der Waals surface area contributed by atoms with Crippen LogP contribution in [0.25, 0.3) is 0 Å². The summed E-state index contributed by atoms with van der Waals surface area (Å²) >= 11 is 1.54. The molecule has 1 N–H and O–H groups in total. The first kappa shape index (κ1) is 19.8. The molecule has 2 aliphatic heterocycles. The molecule has 3 aromatic rings. The van der Waals surface area contributed by atoms with Crippen LogP contribution in [0.4, 0.5) is 0 Å². The SMILES string of the molecule is CC1(CC(c2ccccc2)c2ccccc2)S[C@@H]2CC(=O)N2C1(C(=O)O)n1nccn1. The number of benzene rings is 2.